The first-order valence-electron chi connectivity index (χ1n) is 0.898. The van der Waals surface area contributed by atoms with Crippen LogP contribution in [-0.4, -0.2) is 0 Å². The maximum atomic E-state index is 4.28. The first kappa shape index (κ1) is 3.30. The second-order valence-electron chi connectivity index (χ2n) is 0.380. The fourth-order valence-electron chi connectivity index (χ4n) is 0.0680. The summed E-state index contributed by atoms with van der Waals surface area (Å²) in [4.78, 5) is 0. The van der Waals surface area contributed by atoms with Crippen LogP contribution in [0.25, 0.3) is 0 Å². The van der Waals surface area contributed by atoms with Gasteiger partial charge in [0.1, 0.15) is 11.0 Å². The van der Waals surface area contributed by atoms with Gasteiger partial charge in [-0.25, -0.2) is 0 Å². The van der Waals surface area contributed by atoms with E-state index in [0.717, 1.165) is 11.1 Å². The Bertz CT molecular complexity index is 45.6. The minimum atomic E-state index is 1.16. The van der Waals surface area contributed by atoms with Gasteiger partial charge >= 0.3 is 0 Å². The van der Waals surface area contributed by atoms with Gasteiger partial charge in [-0.2, -0.15) is 0 Å². The molecule has 0 aromatic heterocycles. The van der Waals surface area contributed by atoms with Gasteiger partial charge in [0, 0.05) is 5.28 Å². The number of hydrogen-bond acceptors (Lipinski definition) is 5. The molecule has 0 amide bonds. The van der Waals surface area contributed by atoms with E-state index in [1.165, 1.54) is 11.0 Å². The van der Waals surface area contributed by atoms with Crippen molar-refractivity contribution in [1.29, 1.82) is 0 Å². The Hall–Kier alpha value is 0.1000. The summed E-state index contributed by atoms with van der Waals surface area (Å²) in [6, 6.07) is 0. The first-order valence-corrected chi connectivity index (χ1v) is 2.93. The van der Waals surface area contributed by atoms with Gasteiger partial charge in [0.2, 0.25) is 0 Å². The van der Waals surface area contributed by atoms with E-state index < -0.39 is 0 Å². The fourth-order valence-corrected chi connectivity index (χ4v) is 0.612. The van der Waals surface area contributed by atoms with E-state index in [2.05, 4.69) is 14.1 Å². The normalized spacial score (nSPS) is 19.2. The van der Waals surface area contributed by atoms with E-state index in [-0.39, 0.29) is 0 Å². The maximum absolute atomic E-state index is 4.28. The average molecular weight is 108 g/mol. The summed E-state index contributed by atoms with van der Waals surface area (Å²) in [7, 11) is 1.23. The molecule has 1 aliphatic heterocycles. The van der Waals surface area contributed by atoms with E-state index in [1.54, 1.807) is 0 Å². The van der Waals surface area contributed by atoms with Crippen LogP contribution in [-0.2, 0) is 4.28 Å². The topological polar surface area (TPSA) is 34.0 Å². The third-order valence-electron chi connectivity index (χ3n) is 0.161. The highest BCUT2D eigenvalue weighted by Gasteiger charge is 1.92. The van der Waals surface area contributed by atoms with Crippen LogP contribution in [0.1, 0.15) is 0 Å². The Morgan fingerprint density at radius 2 is 2.60 bits per heavy atom. The molecule has 28 valence electrons. The lowest BCUT2D eigenvalue weighted by atomic mass is 13.1. The van der Waals surface area contributed by atoms with E-state index in [1.807, 2.05) is 0 Å². The van der Waals surface area contributed by atoms with Crippen molar-refractivity contribution in [2.75, 3.05) is 0 Å². The van der Waals surface area contributed by atoms with Crippen molar-refractivity contribution in [2.24, 2.45) is 9.80 Å². The zero-order valence-corrected chi connectivity index (χ0v) is 3.75. The number of hydrogen-bond donors (Lipinski definition) is 0. The van der Waals surface area contributed by atoms with Crippen LogP contribution in [0.4, 0.5) is 0 Å². The molecule has 0 aromatic rings. The van der Waals surface area contributed by atoms with Crippen molar-refractivity contribution < 1.29 is 4.28 Å². The highest BCUT2D eigenvalue weighted by atomic mass is 33.1. The minimum absolute atomic E-state index is 1.16. The Kier molecular flexibility index (Phi) is 0.999. The van der Waals surface area contributed by atoms with Crippen molar-refractivity contribution in [3.05, 3.63) is 0 Å². The molecule has 0 saturated carbocycles. The van der Waals surface area contributed by atoms with E-state index in [4.69, 9.17) is 0 Å². The van der Waals surface area contributed by atoms with E-state index >= 15 is 0 Å². The first-order chi connectivity index (χ1) is 2.50. The van der Waals surface area contributed by atoms with Gasteiger partial charge in [-0.05, 0) is 0 Å². The van der Waals surface area contributed by atoms with Crippen LogP contribution in [0.15, 0.2) is 9.80 Å². The summed E-state index contributed by atoms with van der Waals surface area (Å²) in [6.45, 7) is 0. The standard InChI is InChI=1S/N2OS2/c1-2-4-5-3-1. The predicted molar refractivity (Wildman–Crippen MR) is 21.1 cm³/mol. The van der Waals surface area contributed by atoms with Gasteiger partial charge in [-0.15, -0.1) is 0 Å². The average Bonchev–Trinajstić information content (AvgIpc) is 1.76. The molecule has 0 saturated heterocycles. The van der Waals surface area contributed by atoms with E-state index in [0.29, 0.717) is 0 Å². The zero-order valence-electron chi connectivity index (χ0n) is 2.12. The van der Waals surface area contributed by atoms with Crippen LogP contribution in [0, 0.1) is 0 Å². The molecule has 1 heterocycles. The molecular formula is N2OS2. The van der Waals surface area contributed by atoms with Gasteiger partial charge in [0.25, 0.3) is 0 Å². The SMILES string of the molecule is N1=NSSO1. The molecule has 5 heteroatoms. The molecule has 5 heavy (non-hydrogen) atoms. The van der Waals surface area contributed by atoms with Crippen LogP contribution in [0.2, 0.25) is 0 Å². The lowest BCUT2D eigenvalue weighted by molar-refractivity contribution is 0.389. The minimum Gasteiger partial charge on any atom is -0.289 e. The summed E-state index contributed by atoms with van der Waals surface area (Å²) in [5.74, 6) is 0. The summed E-state index contributed by atoms with van der Waals surface area (Å²) < 4.78 is 7.65. The van der Waals surface area contributed by atoms with Crippen molar-refractivity contribution in [2.45, 2.75) is 0 Å². The van der Waals surface area contributed by atoms with Crippen LogP contribution >= 0.6 is 22.1 Å². The van der Waals surface area contributed by atoms with Gasteiger partial charge < -0.3 is 0 Å². The highest BCUT2D eigenvalue weighted by Crippen LogP contribution is 2.30. The Morgan fingerprint density at radius 3 is 2.80 bits per heavy atom. The Labute approximate surface area is 36.9 Å². The second kappa shape index (κ2) is 1.51. The highest BCUT2D eigenvalue weighted by molar-refractivity contribution is 8.74. The molecule has 0 bridgehead atoms. The third-order valence-corrected chi connectivity index (χ3v) is 1.05. The van der Waals surface area contributed by atoms with Crippen molar-refractivity contribution >= 4 is 22.1 Å². The van der Waals surface area contributed by atoms with Crippen molar-refractivity contribution in [1.82, 2.24) is 0 Å². The number of nitrogens with zero attached hydrogens (tertiary/aromatic N) is 2. The fraction of sp³-hybridized carbons (Fsp3) is 0. The molecular weight excluding hydrogens is 108 g/mol. The number of rotatable bonds is 0. The Morgan fingerprint density at radius 1 is 1.60 bits per heavy atom. The largest absolute Gasteiger partial charge is 0.289 e. The maximum Gasteiger partial charge on any atom is 0.187 e. The van der Waals surface area contributed by atoms with Crippen molar-refractivity contribution in [3.8, 4) is 0 Å². The quantitative estimate of drug-likeness (QED) is 0.268. The zero-order chi connectivity index (χ0) is 3.54. The second-order valence-corrected chi connectivity index (χ2v) is 1.83. The molecule has 1 rings (SSSR count). The predicted octanol–water partition coefficient (Wildman–Crippen LogP) is 1.60. The molecule has 0 unspecified atom stereocenters. The van der Waals surface area contributed by atoms with Crippen LogP contribution < -0.4 is 0 Å². The van der Waals surface area contributed by atoms with Gasteiger partial charge in [0.15, 0.2) is 11.1 Å². The summed E-state index contributed by atoms with van der Waals surface area (Å²) >= 11 is 1.16. The lowest BCUT2D eigenvalue weighted by Gasteiger charge is -1.66. The lowest BCUT2D eigenvalue weighted by Crippen LogP contribution is -1.38. The summed E-state index contributed by atoms with van der Waals surface area (Å²) in [6.07, 6.45) is 0. The van der Waals surface area contributed by atoms with Crippen LogP contribution in [0.5, 0.6) is 0 Å². The molecule has 0 radical (unpaired) electrons. The van der Waals surface area contributed by atoms with Crippen LogP contribution in [0.3, 0.4) is 0 Å². The molecule has 0 spiro atoms. The smallest absolute Gasteiger partial charge is 0.187 e. The molecule has 0 aromatic carbocycles. The molecule has 0 N–H and O–H groups in total. The van der Waals surface area contributed by atoms with Gasteiger partial charge in [-0.3, -0.25) is 4.28 Å². The Balaban J connectivity index is 2.32. The molecule has 0 aliphatic carbocycles. The molecule has 1 aliphatic rings. The van der Waals surface area contributed by atoms with Crippen molar-refractivity contribution in [3.63, 3.8) is 0 Å². The summed E-state index contributed by atoms with van der Waals surface area (Å²) in [5.41, 5.74) is 0. The van der Waals surface area contributed by atoms with Gasteiger partial charge in [-0.1, -0.05) is 4.52 Å². The monoisotopic (exact) mass is 108 g/mol. The molecule has 0 atom stereocenters. The van der Waals surface area contributed by atoms with E-state index in [9.17, 15) is 0 Å². The molecule has 3 nitrogen and oxygen atoms in total. The van der Waals surface area contributed by atoms with Gasteiger partial charge in [0.05, 0.1) is 0 Å². The third kappa shape index (κ3) is 0.695. The molecule has 0 fully saturated rings. The summed E-state index contributed by atoms with van der Waals surface area (Å²) in [5, 5.41) is 3.13.